The number of carbonyl (C=O) groups excluding carboxylic acids is 2. The van der Waals surface area contributed by atoms with Crippen LogP contribution in [0.15, 0.2) is 18.3 Å². The van der Waals surface area contributed by atoms with Crippen LogP contribution < -0.4 is 11.1 Å². The molecule has 29 heavy (non-hydrogen) atoms. The molecular formula is C20H27F3N4O2. The zero-order chi connectivity index (χ0) is 21.0. The molecule has 2 atom stereocenters. The van der Waals surface area contributed by atoms with Crippen LogP contribution in [-0.2, 0) is 15.8 Å². The van der Waals surface area contributed by atoms with E-state index in [0.29, 0.717) is 25.9 Å². The number of halogens is 3. The molecule has 1 aromatic rings. The van der Waals surface area contributed by atoms with Crippen LogP contribution in [0.25, 0.3) is 0 Å². The van der Waals surface area contributed by atoms with E-state index in [4.69, 9.17) is 5.73 Å². The number of alkyl halides is 3. The normalized spacial score (nSPS) is 23.7. The Hall–Kier alpha value is -2.16. The maximum atomic E-state index is 13.0. The minimum Gasteiger partial charge on any atom is -0.342 e. The van der Waals surface area contributed by atoms with E-state index in [0.717, 1.165) is 31.7 Å². The minimum atomic E-state index is -4.58. The van der Waals surface area contributed by atoms with E-state index < -0.39 is 23.5 Å². The van der Waals surface area contributed by atoms with Gasteiger partial charge in [-0.25, -0.2) is 4.98 Å². The molecule has 1 saturated heterocycles. The first-order chi connectivity index (χ1) is 13.8. The Kier molecular flexibility index (Phi) is 6.77. The molecule has 0 bridgehead atoms. The fourth-order valence-corrected chi connectivity index (χ4v) is 4.24. The number of hydrogen-bond donors (Lipinski definition) is 2. The highest BCUT2D eigenvalue weighted by Gasteiger charge is 2.36. The first-order valence-corrected chi connectivity index (χ1v) is 10.1. The summed E-state index contributed by atoms with van der Waals surface area (Å²) < 4.78 is 39.1. The monoisotopic (exact) mass is 412 g/mol. The van der Waals surface area contributed by atoms with E-state index in [1.165, 1.54) is 12.3 Å². The molecule has 2 aliphatic rings. The van der Waals surface area contributed by atoms with Crippen molar-refractivity contribution in [1.29, 1.82) is 0 Å². The van der Waals surface area contributed by atoms with Gasteiger partial charge in [0.25, 0.3) is 0 Å². The number of pyridine rings is 1. The lowest BCUT2D eigenvalue weighted by atomic mass is 9.83. The summed E-state index contributed by atoms with van der Waals surface area (Å²) >= 11 is 0. The van der Waals surface area contributed by atoms with Gasteiger partial charge in [0.15, 0.2) is 0 Å². The van der Waals surface area contributed by atoms with Crippen LogP contribution in [0.5, 0.6) is 0 Å². The quantitative estimate of drug-likeness (QED) is 0.795. The van der Waals surface area contributed by atoms with Crippen LogP contribution >= 0.6 is 0 Å². The van der Waals surface area contributed by atoms with E-state index in [1.54, 1.807) is 0 Å². The molecule has 2 amide bonds. The van der Waals surface area contributed by atoms with Gasteiger partial charge in [-0.1, -0.05) is 12.8 Å². The lowest BCUT2D eigenvalue weighted by Gasteiger charge is -2.37. The fraction of sp³-hybridized carbons (Fsp3) is 0.650. The smallest absolute Gasteiger partial charge is 0.342 e. The predicted octanol–water partition coefficient (Wildman–Crippen LogP) is 3.19. The lowest BCUT2D eigenvalue weighted by molar-refractivity contribution is -0.138. The number of nitrogens with two attached hydrogens (primary N) is 1. The van der Waals surface area contributed by atoms with Gasteiger partial charge in [-0.05, 0) is 43.7 Å². The molecule has 0 aromatic carbocycles. The van der Waals surface area contributed by atoms with Crippen molar-refractivity contribution in [3.63, 3.8) is 0 Å². The van der Waals surface area contributed by atoms with Crippen LogP contribution in [0.2, 0.25) is 0 Å². The van der Waals surface area contributed by atoms with E-state index >= 15 is 0 Å². The summed E-state index contributed by atoms with van der Waals surface area (Å²) in [5.74, 6) is -0.953. The van der Waals surface area contributed by atoms with Gasteiger partial charge >= 0.3 is 6.18 Å². The molecule has 1 aliphatic heterocycles. The summed E-state index contributed by atoms with van der Waals surface area (Å²) in [5.41, 5.74) is 5.15. The SMILES string of the molecule is N[C@@H]1CCCC[C@H]1C(=O)N1CCC(CC(=O)Nc2ncccc2C(F)(F)F)CC1. The Balaban J connectivity index is 1.50. The third-order valence-electron chi connectivity index (χ3n) is 5.91. The van der Waals surface area contributed by atoms with Gasteiger partial charge in [0, 0.05) is 31.7 Å². The summed E-state index contributed by atoms with van der Waals surface area (Å²) in [4.78, 5) is 30.4. The Labute approximate surface area is 168 Å². The first-order valence-electron chi connectivity index (χ1n) is 10.1. The molecule has 1 saturated carbocycles. The Morgan fingerprint density at radius 1 is 1.17 bits per heavy atom. The van der Waals surface area contributed by atoms with Gasteiger partial charge in [0.05, 0.1) is 11.5 Å². The van der Waals surface area contributed by atoms with Gasteiger partial charge in [-0.15, -0.1) is 0 Å². The minimum absolute atomic E-state index is 0.0251. The molecule has 2 fully saturated rings. The summed E-state index contributed by atoms with van der Waals surface area (Å²) in [7, 11) is 0. The highest BCUT2D eigenvalue weighted by atomic mass is 19.4. The van der Waals surface area contributed by atoms with Gasteiger partial charge in [-0.2, -0.15) is 13.2 Å². The molecule has 9 heteroatoms. The molecule has 1 aromatic heterocycles. The van der Waals surface area contributed by atoms with E-state index in [9.17, 15) is 22.8 Å². The Bertz CT molecular complexity index is 733. The molecule has 0 unspecified atom stereocenters. The van der Waals surface area contributed by atoms with Gasteiger partial charge in [-0.3, -0.25) is 9.59 Å². The van der Waals surface area contributed by atoms with Crippen LogP contribution in [0.4, 0.5) is 19.0 Å². The number of piperidine rings is 1. The van der Waals surface area contributed by atoms with E-state index in [2.05, 4.69) is 10.3 Å². The Morgan fingerprint density at radius 3 is 2.52 bits per heavy atom. The standard InChI is InChI=1S/C20H27F3N4O2/c21-20(22,23)15-5-3-9-25-18(15)26-17(28)12-13-7-10-27(11-8-13)19(29)14-4-1-2-6-16(14)24/h3,5,9,13-14,16H,1-2,4,6-8,10-12,24H2,(H,25,26,28)/t14-,16-/m1/s1. The lowest BCUT2D eigenvalue weighted by Crippen LogP contribution is -2.48. The second kappa shape index (κ2) is 9.11. The number of rotatable bonds is 4. The average Bonchev–Trinajstić information content (AvgIpc) is 2.68. The molecule has 0 spiro atoms. The maximum absolute atomic E-state index is 13.0. The maximum Gasteiger partial charge on any atom is 0.419 e. The summed E-state index contributed by atoms with van der Waals surface area (Å²) in [6, 6.07) is 1.99. The highest BCUT2D eigenvalue weighted by Crippen LogP contribution is 2.34. The molecule has 3 N–H and O–H groups in total. The van der Waals surface area contributed by atoms with Crippen molar-refractivity contribution in [2.24, 2.45) is 17.6 Å². The van der Waals surface area contributed by atoms with Gasteiger partial charge < -0.3 is 16.0 Å². The van der Waals surface area contributed by atoms with Crippen LogP contribution in [-0.4, -0.2) is 40.8 Å². The molecular weight excluding hydrogens is 385 g/mol. The van der Waals surface area contributed by atoms with Crippen molar-refractivity contribution >= 4 is 17.6 Å². The van der Waals surface area contributed by atoms with Crippen molar-refractivity contribution in [2.75, 3.05) is 18.4 Å². The molecule has 160 valence electrons. The van der Waals surface area contributed by atoms with Crippen molar-refractivity contribution < 1.29 is 22.8 Å². The highest BCUT2D eigenvalue weighted by molar-refractivity contribution is 5.90. The summed E-state index contributed by atoms with van der Waals surface area (Å²) in [6.07, 6.45) is 1.83. The van der Waals surface area contributed by atoms with Crippen LogP contribution in [0.1, 0.15) is 50.5 Å². The van der Waals surface area contributed by atoms with Gasteiger partial charge in [0.2, 0.25) is 11.8 Å². The third-order valence-corrected chi connectivity index (χ3v) is 5.91. The van der Waals surface area contributed by atoms with Crippen molar-refractivity contribution in [3.8, 4) is 0 Å². The number of anilines is 1. The number of nitrogens with zero attached hydrogens (tertiary/aromatic N) is 2. The van der Waals surface area contributed by atoms with Crippen LogP contribution in [0, 0.1) is 11.8 Å². The second-order valence-electron chi connectivity index (χ2n) is 7.97. The number of aromatic nitrogens is 1. The number of likely N-dealkylation sites (tertiary alicyclic amines) is 1. The molecule has 6 nitrogen and oxygen atoms in total. The number of amides is 2. The molecule has 1 aliphatic carbocycles. The molecule has 2 heterocycles. The van der Waals surface area contributed by atoms with E-state index in [1.807, 2.05) is 4.90 Å². The zero-order valence-corrected chi connectivity index (χ0v) is 16.3. The average molecular weight is 412 g/mol. The summed E-state index contributed by atoms with van der Waals surface area (Å²) in [5, 5.41) is 2.29. The largest absolute Gasteiger partial charge is 0.419 e. The van der Waals surface area contributed by atoms with Crippen molar-refractivity contribution in [3.05, 3.63) is 23.9 Å². The van der Waals surface area contributed by atoms with Crippen molar-refractivity contribution in [1.82, 2.24) is 9.88 Å². The number of hydrogen-bond acceptors (Lipinski definition) is 4. The molecule has 3 rings (SSSR count). The van der Waals surface area contributed by atoms with Crippen molar-refractivity contribution in [2.45, 2.75) is 57.2 Å². The Morgan fingerprint density at radius 2 is 1.86 bits per heavy atom. The zero-order valence-electron chi connectivity index (χ0n) is 16.3. The summed E-state index contributed by atoms with van der Waals surface area (Å²) in [6.45, 7) is 1.11. The van der Waals surface area contributed by atoms with Crippen LogP contribution in [0.3, 0.4) is 0 Å². The first kappa shape index (κ1) is 21.5. The van der Waals surface area contributed by atoms with E-state index in [-0.39, 0.29) is 30.2 Å². The predicted molar refractivity (Wildman–Crippen MR) is 102 cm³/mol. The molecule has 0 radical (unpaired) electrons. The second-order valence-corrected chi connectivity index (χ2v) is 7.97. The van der Waals surface area contributed by atoms with Gasteiger partial charge in [0.1, 0.15) is 5.82 Å². The third kappa shape index (κ3) is 5.46. The number of carbonyl (C=O) groups is 2. The number of nitrogens with one attached hydrogen (secondary N) is 1. The topological polar surface area (TPSA) is 88.3 Å². The fourth-order valence-electron chi connectivity index (χ4n) is 4.24.